The smallest absolute Gasteiger partial charge is 0.399 e. The maximum atomic E-state index is 6.53. The number of aromatic nitrogens is 1. The number of hydrogen-bond donors (Lipinski definition) is 0. The van der Waals surface area contributed by atoms with Gasteiger partial charge in [-0.05, 0) is 248 Å². The first-order valence-electron chi connectivity index (χ1n) is 27.7. The lowest BCUT2D eigenvalue weighted by Gasteiger charge is -2.32. The number of benzene rings is 7. The summed E-state index contributed by atoms with van der Waals surface area (Å²) in [6.07, 6.45) is 9.40. The van der Waals surface area contributed by atoms with E-state index in [4.69, 9.17) is 18.6 Å². The molecule has 2 aliphatic carbocycles. The molecule has 0 atom stereocenters. The van der Waals surface area contributed by atoms with E-state index in [2.05, 4.69) is 236 Å². The topological polar surface area (TPSA) is 48.3 Å². The molecule has 8 aromatic rings. The highest BCUT2D eigenvalue weighted by atomic mass is 16.7. The molecule has 7 nitrogen and oxygen atoms in total. The fourth-order valence-corrected chi connectivity index (χ4v) is 11.8. The van der Waals surface area contributed by atoms with Crippen molar-refractivity contribution >= 4 is 81.1 Å². The van der Waals surface area contributed by atoms with E-state index < -0.39 is 36.6 Å². The van der Waals surface area contributed by atoms with E-state index in [0.29, 0.717) is 0 Å². The summed E-state index contributed by atoms with van der Waals surface area (Å²) in [5.74, 6) is 0. The molecule has 7 aromatic carbocycles. The highest BCUT2D eigenvalue weighted by Crippen LogP contribution is 2.45. The van der Waals surface area contributed by atoms with E-state index in [0.717, 1.165) is 87.5 Å². The van der Waals surface area contributed by atoms with Gasteiger partial charge in [0.2, 0.25) is 0 Å². The van der Waals surface area contributed by atoms with E-state index in [1.165, 1.54) is 64.3 Å². The zero-order valence-electron chi connectivity index (χ0n) is 46.1. The maximum absolute atomic E-state index is 6.53. The Morgan fingerprint density at radius 2 is 0.720 bits per heavy atom. The third kappa shape index (κ3) is 8.91. The fourth-order valence-electron chi connectivity index (χ4n) is 11.8. The van der Waals surface area contributed by atoms with E-state index in [-0.39, 0.29) is 5.41 Å². The molecule has 0 radical (unpaired) electrons. The van der Waals surface area contributed by atoms with E-state index in [1.807, 2.05) is 0 Å². The van der Waals surface area contributed by atoms with Gasteiger partial charge in [-0.2, -0.15) is 0 Å². The molecule has 3 heterocycles. The van der Waals surface area contributed by atoms with Gasteiger partial charge < -0.3 is 33.0 Å². The average Bonchev–Trinajstić information content (AvgIpc) is 3.94. The molecule has 9 heteroatoms. The van der Waals surface area contributed by atoms with Crippen LogP contribution in [-0.2, 0) is 49.7 Å². The molecular formula is C66H73B2N3O4. The summed E-state index contributed by atoms with van der Waals surface area (Å²) in [6, 6.07) is 55.2. The van der Waals surface area contributed by atoms with E-state index >= 15 is 0 Å². The molecule has 0 unspecified atom stereocenters. The van der Waals surface area contributed by atoms with Crippen LogP contribution in [0.1, 0.15) is 130 Å². The number of nitrogens with zero attached hydrogens (tertiary/aromatic N) is 3. The zero-order chi connectivity index (χ0) is 52.2. The quantitative estimate of drug-likeness (QED) is 0.134. The van der Waals surface area contributed by atoms with Crippen molar-refractivity contribution in [1.82, 2.24) is 4.57 Å². The Morgan fingerprint density at radius 3 is 1.09 bits per heavy atom. The van der Waals surface area contributed by atoms with Crippen LogP contribution in [0.3, 0.4) is 0 Å². The molecule has 2 fully saturated rings. The molecule has 75 heavy (non-hydrogen) atoms. The Bertz CT molecular complexity index is 3230. The monoisotopic (exact) mass is 994 g/mol. The Labute approximate surface area is 446 Å². The van der Waals surface area contributed by atoms with Crippen molar-refractivity contribution in [2.45, 2.75) is 155 Å². The van der Waals surface area contributed by atoms with Gasteiger partial charge in [0.05, 0.1) is 33.4 Å². The molecule has 0 saturated carbocycles. The summed E-state index contributed by atoms with van der Waals surface area (Å²) in [4.78, 5) is 4.88. The Hall–Kier alpha value is -6.09. The average molecular weight is 994 g/mol. The van der Waals surface area contributed by atoms with Crippen LogP contribution in [0.15, 0.2) is 146 Å². The lowest BCUT2D eigenvalue weighted by Crippen LogP contribution is -2.41. The minimum absolute atomic E-state index is 0.0362. The first-order valence-corrected chi connectivity index (χ1v) is 27.7. The van der Waals surface area contributed by atoms with Gasteiger partial charge in [0.1, 0.15) is 0 Å². The predicted octanol–water partition coefficient (Wildman–Crippen LogP) is 15.4. The first-order chi connectivity index (χ1) is 35.7. The number of fused-ring (bicyclic) bond motifs is 5. The maximum Gasteiger partial charge on any atom is 0.494 e. The summed E-state index contributed by atoms with van der Waals surface area (Å²) in [6.45, 7) is 23.8. The van der Waals surface area contributed by atoms with Crippen molar-refractivity contribution in [2.75, 3.05) is 9.80 Å². The second kappa shape index (κ2) is 18.3. The van der Waals surface area contributed by atoms with Crippen molar-refractivity contribution in [2.24, 2.45) is 0 Å². The summed E-state index contributed by atoms with van der Waals surface area (Å²) in [7, 11) is -0.881. The Kier molecular flexibility index (Phi) is 12.1. The van der Waals surface area contributed by atoms with Gasteiger partial charge in [-0.15, -0.1) is 0 Å². The van der Waals surface area contributed by atoms with Crippen molar-refractivity contribution in [3.63, 3.8) is 0 Å². The number of hydrogen-bond acceptors (Lipinski definition) is 6. The highest BCUT2D eigenvalue weighted by Gasteiger charge is 2.53. The van der Waals surface area contributed by atoms with Crippen LogP contribution >= 0.6 is 0 Å². The predicted molar refractivity (Wildman–Crippen MR) is 314 cm³/mol. The largest absolute Gasteiger partial charge is 0.494 e. The van der Waals surface area contributed by atoms with Crippen LogP contribution in [-0.4, -0.2) is 41.2 Å². The van der Waals surface area contributed by atoms with Gasteiger partial charge >= 0.3 is 14.2 Å². The SMILES string of the molecule is CC(C)(C)c1ccc(-n2c3ccc(N(c4ccc(B5OC(C)(C)C(C)(C)O5)cc4)c4ccc5c(c4)CCCC5)cc3c3cc(N(c4ccc(B5OC(C)(C)C(C)(C)O5)cc4)c4ccc5c(c4)CCCC5)ccc32)cc1. The van der Waals surface area contributed by atoms with Gasteiger partial charge in [-0.3, -0.25) is 0 Å². The molecule has 0 spiro atoms. The minimum Gasteiger partial charge on any atom is -0.399 e. The second-order valence-electron chi connectivity index (χ2n) is 24.9. The third-order valence-corrected chi connectivity index (χ3v) is 17.8. The normalized spacial score (nSPS) is 18.6. The summed E-state index contributed by atoms with van der Waals surface area (Å²) >= 11 is 0. The van der Waals surface area contributed by atoms with Crippen LogP contribution in [0.4, 0.5) is 34.1 Å². The molecule has 0 N–H and O–H groups in total. The van der Waals surface area contributed by atoms with Crippen LogP contribution in [0.5, 0.6) is 0 Å². The molecule has 2 aliphatic heterocycles. The van der Waals surface area contributed by atoms with Crippen molar-refractivity contribution in [3.05, 3.63) is 173 Å². The highest BCUT2D eigenvalue weighted by molar-refractivity contribution is 6.62. The van der Waals surface area contributed by atoms with Crippen LogP contribution in [0.2, 0.25) is 0 Å². The standard InChI is InChI=1S/C66H73B2N3O4/c1-62(2,3)48-22-30-53(31-23-48)71-60-38-36-56(69(54-28-20-44-16-12-14-18-46(44)40-54)51-32-24-49(25-33-51)67-72-63(4,5)64(6,7)73-67)42-58(60)59-43-57(37-39-61(59)71)70(55-29-21-45-17-13-15-19-47(45)41-55)52-34-26-50(27-35-52)68-74-65(8,9)66(10,11)75-68/h20-43H,12-19H2,1-11H3. The summed E-state index contributed by atoms with van der Waals surface area (Å²) in [5.41, 5.74) is 17.6. The van der Waals surface area contributed by atoms with E-state index in [1.54, 1.807) is 0 Å². The van der Waals surface area contributed by atoms with Crippen molar-refractivity contribution in [3.8, 4) is 5.69 Å². The summed E-state index contributed by atoms with van der Waals surface area (Å²) < 4.78 is 28.6. The van der Waals surface area contributed by atoms with Crippen LogP contribution in [0, 0.1) is 0 Å². The molecule has 0 bridgehead atoms. The molecule has 2 saturated heterocycles. The zero-order valence-corrected chi connectivity index (χ0v) is 46.1. The minimum atomic E-state index is -0.440. The number of aryl methyl sites for hydroxylation is 4. The van der Waals surface area contributed by atoms with Gasteiger partial charge in [-0.25, -0.2) is 0 Å². The molecule has 12 rings (SSSR count). The van der Waals surface area contributed by atoms with Gasteiger partial charge in [0.25, 0.3) is 0 Å². The molecular weight excluding hydrogens is 920 g/mol. The number of anilines is 6. The van der Waals surface area contributed by atoms with Crippen molar-refractivity contribution < 1.29 is 18.6 Å². The van der Waals surface area contributed by atoms with E-state index in [9.17, 15) is 0 Å². The third-order valence-electron chi connectivity index (χ3n) is 17.8. The first kappa shape index (κ1) is 49.8. The van der Waals surface area contributed by atoms with Gasteiger partial charge in [0, 0.05) is 50.6 Å². The molecule has 1 aromatic heterocycles. The van der Waals surface area contributed by atoms with Crippen LogP contribution < -0.4 is 20.7 Å². The number of rotatable bonds is 9. The van der Waals surface area contributed by atoms with Crippen molar-refractivity contribution in [1.29, 1.82) is 0 Å². The lowest BCUT2D eigenvalue weighted by atomic mass is 9.79. The summed E-state index contributed by atoms with van der Waals surface area (Å²) in [5, 5.41) is 2.37. The Morgan fingerprint density at radius 1 is 0.387 bits per heavy atom. The lowest BCUT2D eigenvalue weighted by molar-refractivity contribution is 0.00578. The fraction of sp³-hybridized carbons (Fsp3) is 0.364. The Balaban J connectivity index is 1.03. The molecule has 0 amide bonds. The van der Waals surface area contributed by atoms with Gasteiger partial charge in [-0.1, -0.05) is 69.3 Å². The second-order valence-corrected chi connectivity index (χ2v) is 24.9. The molecule has 382 valence electrons. The molecule has 4 aliphatic rings. The van der Waals surface area contributed by atoms with Gasteiger partial charge in [0.15, 0.2) is 0 Å². The van der Waals surface area contributed by atoms with Crippen LogP contribution in [0.25, 0.3) is 27.5 Å².